The Bertz CT molecular complexity index is 756. The van der Waals surface area contributed by atoms with E-state index in [1.165, 1.54) is 5.56 Å². The standard InChI is InChI=1S/C17H22N4O3/c1-3-13-19-11(2)14(24-13)16(22)21-7-5-17(6-8-21)15-12(4-9-23-17)10-18-20-15/h10H,3-9H2,1-2H3,(H,18,20). The fourth-order valence-electron chi connectivity index (χ4n) is 3.73. The summed E-state index contributed by atoms with van der Waals surface area (Å²) in [5, 5.41) is 7.28. The van der Waals surface area contributed by atoms with Gasteiger partial charge in [0.1, 0.15) is 5.60 Å². The molecule has 2 aliphatic heterocycles. The molecule has 0 unspecified atom stereocenters. The van der Waals surface area contributed by atoms with Crippen molar-refractivity contribution in [1.29, 1.82) is 0 Å². The number of piperidine rings is 1. The molecule has 4 rings (SSSR count). The number of oxazole rings is 1. The number of amides is 1. The fraction of sp³-hybridized carbons (Fsp3) is 0.588. The van der Waals surface area contributed by atoms with Crippen LogP contribution in [0.4, 0.5) is 0 Å². The van der Waals surface area contributed by atoms with Gasteiger partial charge in [0.2, 0.25) is 5.76 Å². The first-order valence-corrected chi connectivity index (χ1v) is 8.55. The summed E-state index contributed by atoms with van der Waals surface area (Å²) in [6.45, 7) is 5.77. The molecule has 7 heteroatoms. The van der Waals surface area contributed by atoms with Gasteiger partial charge in [0.05, 0.1) is 24.2 Å². The number of carbonyl (C=O) groups excluding carboxylic acids is 1. The van der Waals surface area contributed by atoms with Gasteiger partial charge >= 0.3 is 0 Å². The van der Waals surface area contributed by atoms with Crippen LogP contribution in [0.5, 0.6) is 0 Å². The molecule has 0 atom stereocenters. The number of aryl methyl sites for hydroxylation is 2. The van der Waals surface area contributed by atoms with E-state index in [2.05, 4.69) is 15.2 Å². The van der Waals surface area contributed by atoms with Gasteiger partial charge in [-0.1, -0.05) is 6.92 Å². The molecule has 1 amide bonds. The Morgan fingerprint density at radius 2 is 2.21 bits per heavy atom. The highest BCUT2D eigenvalue weighted by atomic mass is 16.5. The van der Waals surface area contributed by atoms with Crippen LogP contribution < -0.4 is 0 Å². The molecule has 7 nitrogen and oxygen atoms in total. The first kappa shape index (κ1) is 15.4. The molecule has 1 N–H and O–H groups in total. The summed E-state index contributed by atoms with van der Waals surface area (Å²) in [4.78, 5) is 18.9. The van der Waals surface area contributed by atoms with Crippen LogP contribution in [0.1, 0.15) is 53.2 Å². The zero-order valence-corrected chi connectivity index (χ0v) is 14.1. The highest BCUT2D eigenvalue weighted by Gasteiger charge is 2.43. The molecule has 4 heterocycles. The second-order valence-corrected chi connectivity index (χ2v) is 6.53. The van der Waals surface area contributed by atoms with Crippen LogP contribution in [0, 0.1) is 6.92 Å². The molecular formula is C17H22N4O3. The van der Waals surface area contributed by atoms with Crippen LogP contribution in [0.3, 0.4) is 0 Å². The molecule has 24 heavy (non-hydrogen) atoms. The maximum absolute atomic E-state index is 12.7. The lowest BCUT2D eigenvalue weighted by molar-refractivity contribution is -0.0964. The van der Waals surface area contributed by atoms with Crippen molar-refractivity contribution in [2.75, 3.05) is 19.7 Å². The SMILES string of the molecule is CCc1nc(C)c(C(=O)N2CCC3(CC2)OCCc2cn[nH]c23)o1. The van der Waals surface area contributed by atoms with Crippen molar-refractivity contribution in [2.24, 2.45) is 0 Å². The van der Waals surface area contributed by atoms with Crippen LogP contribution in [0.2, 0.25) is 0 Å². The maximum Gasteiger partial charge on any atom is 0.291 e. The van der Waals surface area contributed by atoms with Gasteiger partial charge in [0.15, 0.2) is 5.89 Å². The van der Waals surface area contributed by atoms with Gasteiger partial charge in [-0.25, -0.2) is 4.98 Å². The molecule has 2 aromatic rings. The van der Waals surface area contributed by atoms with E-state index >= 15 is 0 Å². The Labute approximate surface area is 140 Å². The predicted octanol–water partition coefficient (Wildman–Crippen LogP) is 1.97. The minimum Gasteiger partial charge on any atom is -0.435 e. The van der Waals surface area contributed by atoms with E-state index in [-0.39, 0.29) is 11.5 Å². The molecule has 0 radical (unpaired) electrons. The summed E-state index contributed by atoms with van der Waals surface area (Å²) in [5.41, 5.74) is 2.66. The van der Waals surface area contributed by atoms with Crippen LogP contribution in [-0.4, -0.2) is 45.7 Å². The van der Waals surface area contributed by atoms with Gasteiger partial charge in [-0.2, -0.15) is 5.10 Å². The van der Waals surface area contributed by atoms with Crippen molar-refractivity contribution >= 4 is 5.91 Å². The van der Waals surface area contributed by atoms with Crippen molar-refractivity contribution < 1.29 is 13.9 Å². The number of hydrogen-bond donors (Lipinski definition) is 1. The first-order valence-electron chi connectivity index (χ1n) is 8.55. The number of carbonyl (C=O) groups is 1. The highest BCUT2D eigenvalue weighted by Crippen LogP contribution is 2.40. The number of hydrogen-bond acceptors (Lipinski definition) is 5. The number of nitrogens with one attached hydrogen (secondary N) is 1. The van der Waals surface area contributed by atoms with Crippen LogP contribution in [-0.2, 0) is 23.2 Å². The van der Waals surface area contributed by atoms with Crippen molar-refractivity contribution in [3.8, 4) is 0 Å². The number of fused-ring (bicyclic) bond motifs is 2. The van der Waals surface area contributed by atoms with Gasteiger partial charge in [-0.05, 0) is 31.7 Å². The fourth-order valence-corrected chi connectivity index (χ4v) is 3.73. The predicted molar refractivity (Wildman–Crippen MR) is 85.7 cm³/mol. The zero-order chi connectivity index (χ0) is 16.7. The maximum atomic E-state index is 12.7. The number of nitrogens with zero attached hydrogens (tertiary/aromatic N) is 3. The third-order valence-corrected chi connectivity index (χ3v) is 5.12. The average molecular weight is 330 g/mol. The summed E-state index contributed by atoms with van der Waals surface area (Å²) in [6.07, 6.45) is 5.01. The Kier molecular flexibility index (Phi) is 3.68. The van der Waals surface area contributed by atoms with E-state index in [9.17, 15) is 4.79 Å². The number of aromatic amines is 1. The molecule has 1 spiro atoms. The van der Waals surface area contributed by atoms with Gasteiger partial charge in [-0.15, -0.1) is 0 Å². The number of ether oxygens (including phenoxy) is 1. The van der Waals surface area contributed by atoms with E-state index in [4.69, 9.17) is 9.15 Å². The van der Waals surface area contributed by atoms with Crippen molar-refractivity contribution in [3.63, 3.8) is 0 Å². The third-order valence-electron chi connectivity index (χ3n) is 5.12. The van der Waals surface area contributed by atoms with E-state index in [1.54, 1.807) is 0 Å². The molecule has 1 saturated heterocycles. The second kappa shape index (κ2) is 5.73. The summed E-state index contributed by atoms with van der Waals surface area (Å²) >= 11 is 0. The topological polar surface area (TPSA) is 84.3 Å². The quantitative estimate of drug-likeness (QED) is 0.910. The number of likely N-dealkylation sites (tertiary alicyclic amines) is 1. The molecule has 2 aromatic heterocycles. The lowest BCUT2D eigenvalue weighted by atomic mass is 9.83. The van der Waals surface area contributed by atoms with Crippen LogP contribution >= 0.6 is 0 Å². The van der Waals surface area contributed by atoms with Crippen LogP contribution in [0.15, 0.2) is 10.6 Å². The average Bonchev–Trinajstić information content (AvgIpc) is 3.22. The van der Waals surface area contributed by atoms with Crippen molar-refractivity contribution in [2.45, 2.75) is 45.1 Å². The summed E-state index contributed by atoms with van der Waals surface area (Å²) in [5.74, 6) is 0.909. The minimum atomic E-state index is -0.327. The van der Waals surface area contributed by atoms with Gasteiger partial charge in [0, 0.05) is 19.5 Å². The van der Waals surface area contributed by atoms with Gasteiger partial charge in [0.25, 0.3) is 5.91 Å². The Balaban J connectivity index is 1.51. The highest BCUT2D eigenvalue weighted by molar-refractivity contribution is 5.92. The lowest BCUT2D eigenvalue weighted by Gasteiger charge is -2.43. The van der Waals surface area contributed by atoms with E-state index < -0.39 is 0 Å². The molecule has 0 saturated carbocycles. The number of aromatic nitrogens is 3. The van der Waals surface area contributed by atoms with Gasteiger partial charge in [-0.3, -0.25) is 9.89 Å². The lowest BCUT2D eigenvalue weighted by Crippen LogP contribution is -2.48. The molecule has 128 valence electrons. The monoisotopic (exact) mass is 330 g/mol. The van der Waals surface area contributed by atoms with E-state index in [0.717, 1.165) is 25.0 Å². The molecular weight excluding hydrogens is 308 g/mol. The van der Waals surface area contributed by atoms with Crippen molar-refractivity contribution in [3.05, 3.63) is 34.8 Å². The molecule has 0 aromatic carbocycles. The first-order chi connectivity index (χ1) is 11.6. The third kappa shape index (κ3) is 2.34. The zero-order valence-electron chi connectivity index (χ0n) is 14.1. The minimum absolute atomic E-state index is 0.0739. The molecule has 0 aliphatic carbocycles. The van der Waals surface area contributed by atoms with Crippen molar-refractivity contribution in [1.82, 2.24) is 20.1 Å². The molecule has 1 fully saturated rings. The molecule has 0 bridgehead atoms. The summed E-state index contributed by atoms with van der Waals surface area (Å²) < 4.78 is 11.7. The van der Waals surface area contributed by atoms with Crippen LogP contribution in [0.25, 0.3) is 0 Å². The number of H-pyrrole nitrogens is 1. The Morgan fingerprint density at radius 1 is 1.42 bits per heavy atom. The summed E-state index contributed by atoms with van der Waals surface area (Å²) in [7, 11) is 0. The van der Waals surface area contributed by atoms with Gasteiger partial charge < -0.3 is 14.1 Å². The second-order valence-electron chi connectivity index (χ2n) is 6.53. The van der Waals surface area contributed by atoms with E-state index in [1.807, 2.05) is 24.9 Å². The normalized spacial score (nSPS) is 19.5. The Morgan fingerprint density at radius 3 is 2.92 bits per heavy atom. The Hall–Kier alpha value is -2.15. The largest absolute Gasteiger partial charge is 0.435 e. The summed E-state index contributed by atoms with van der Waals surface area (Å²) in [6, 6.07) is 0. The van der Waals surface area contributed by atoms with E-state index in [0.29, 0.717) is 43.5 Å². The molecule has 2 aliphatic rings. The number of rotatable bonds is 2. The smallest absolute Gasteiger partial charge is 0.291 e.